The Morgan fingerprint density at radius 3 is 2.31 bits per heavy atom. The molecular weight excluding hydrogens is 485 g/mol. The van der Waals surface area contributed by atoms with Crippen LogP contribution < -0.4 is 5.56 Å². The van der Waals surface area contributed by atoms with Gasteiger partial charge in [0.25, 0.3) is 5.56 Å². The smallest absolute Gasteiger partial charge is 0.385 e. The van der Waals surface area contributed by atoms with E-state index < -0.39 is 53.3 Å². The summed E-state index contributed by atoms with van der Waals surface area (Å²) < 4.78 is 51.1. The molecule has 16 nitrogen and oxygen atoms in total. The van der Waals surface area contributed by atoms with Crippen LogP contribution in [0.5, 0.6) is 0 Å². The Balaban J connectivity index is 2.24. The fourth-order valence-corrected chi connectivity index (χ4v) is 5.58. The zero-order valence-corrected chi connectivity index (χ0v) is 17.5. The summed E-state index contributed by atoms with van der Waals surface area (Å²) >= 11 is 4.89. The highest BCUT2D eigenvalue weighted by Gasteiger charge is 2.56. The van der Waals surface area contributed by atoms with Crippen molar-refractivity contribution in [3.63, 3.8) is 0 Å². The first-order valence-electron chi connectivity index (χ1n) is 7.13. The number of aromatic nitrogens is 2. The summed E-state index contributed by atoms with van der Waals surface area (Å²) in [6, 6.07) is 0.997. The highest BCUT2D eigenvalue weighted by molar-refractivity contribution is 7.71. The number of hydrogen-bond donors (Lipinski definition) is 7. The van der Waals surface area contributed by atoms with E-state index in [0.29, 0.717) is 0 Å². The molecule has 1 saturated heterocycles. The first kappa shape index (κ1) is 24.7. The van der Waals surface area contributed by atoms with E-state index in [-0.39, 0.29) is 4.77 Å². The second-order valence-corrected chi connectivity index (χ2v) is 10.5. The number of hydrogen-bond acceptors (Lipinski definition) is 11. The van der Waals surface area contributed by atoms with Crippen LogP contribution in [0.3, 0.4) is 0 Å². The third-order valence-corrected chi connectivity index (χ3v) is 7.49. The molecular formula is C9H15N2O14P3S. The Morgan fingerprint density at radius 2 is 1.79 bits per heavy atom. The number of aliphatic hydroxyl groups excluding tert-OH is 1. The number of nitrogens with one attached hydrogen (secondary N) is 1. The molecule has 166 valence electrons. The van der Waals surface area contributed by atoms with Crippen LogP contribution in [-0.2, 0) is 31.6 Å². The molecule has 29 heavy (non-hydrogen) atoms. The lowest BCUT2D eigenvalue weighted by Gasteiger charge is -2.27. The quantitative estimate of drug-likeness (QED) is 0.179. The predicted octanol–water partition coefficient (Wildman–Crippen LogP) is -0.784. The third kappa shape index (κ3) is 6.19. The highest BCUT2D eigenvalue weighted by Crippen LogP contribution is 2.67. The molecule has 0 radical (unpaired) electrons. The molecule has 1 aromatic heterocycles. The average Bonchev–Trinajstić information content (AvgIpc) is 2.67. The Hall–Kier alpha value is -0.610. The molecule has 2 rings (SSSR count). The maximum Gasteiger partial charge on any atom is 0.490 e. The van der Waals surface area contributed by atoms with Crippen LogP contribution in [0.2, 0.25) is 0 Å². The molecule has 1 fully saturated rings. The number of aromatic amines is 1. The minimum Gasteiger partial charge on any atom is -0.385 e. The molecule has 1 aromatic rings. The number of ether oxygens (including phenoxy) is 1. The summed E-state index contributed by atoms with van der Waals surface area (Å²) in [6.45, 7) is 1.02. The fourth-order valence-electron chi connectivity index (χ4n) is 2.23. The molecule has 7 N–H and O–H groups in total. The summed E-state index contributed by atoms with van der Waals surface area (Å²) in [5, 5.41) is 20.6. The van der Waals surface area contributed by atoms with Gasteiger partial charge in [0.2, 0.25) is 6.29 Å². The van der Waals surface area contributed by atoms with Crippen LogP contribution in [0.25, 0.3) is 0 Å². The first-order chi connectivity index (χ1) is 12.9. The molecule has 0 aliphatic carbocycles. The number of H-pyrrole nitrogens is 1. The van der Waals surface area contributed by atoms with E-state index in [9.17, 15) is 33.6 Å². The van der Waals surface area contributed by atoms with Gasteiger partial charge in [0, 0.05) is 12.3 Å². The average molecular weight is 500 g/mol. The summed E-state index contributed by atoms with van der Waals surface area (Å²) in [7, 11) is -17.0. The number of phosphoric ester groups is 1. The molecule has 0 saturated carbocycles. The topological polar surface area (TPSA) is 247 Å². The van der Waals surface area contributed by atoms with Crippen molar-refractivity contribution in [1.82, 2.24) is 9.55 Å². The molecule has 6 atom stereocenters. The van der Waals surface area contributed by atoms with Gasteiger partial charge in [0.1, 0.15) is 11.7 Å². The predicted molar refractivity (Wildman–Crippen MR) is 91.4 cm³/mol. The van der Waals surface area contributed by atoms with Crippen LogP contribution in [-0.4, -0.2) is 57.3 Å². The van der Waals surface area contributed by atoms with Crippen molar-refractivity contribution >= 4 is 35.7 Å². The lowest BCUT2D eigenvalue weighted by Crippen LogP contribution is -2.44. The third-order valence-electron chi connectivity index (χ3n) is 3.38. The highest BCUT2D eigenvalue weighted by atomic mass is 32.1. The minimum absolute atomic E-state index is 0.256. The molecule has 1 aliphatic heterocycles. The van der Waals surface area contributed by atoms with E-state index in [1.807, 2.05) is 0 Å². The van der Waals surface area contributed by atoms with E-state index in [1.165, 1.54) is 0 Å². The van der Waals surface area contributed by atoms with Crippen LogP contribution in [0.4, 0.5) is 0 Å². The van der Waals surface area contributed by atoms with Crippen molar-refractivity contribution < 1.29 is 61.4 Å². The normalized spacial score (nSPS) is 31.9. The van der Waals surface area contributed by atoms with Gasteiger partial charge in [-0.2, -0.15) is 8.62 Å². The molecule has 0 bridgehead atoms. The van der Waals surface area contributed by atoms with Gasteiger partial charge in [0.15, 0.2) is 11.0 Å². The molecule has 20 heteroatoms. The van der Waals surface area contributed by atoms with Crippen LogP contribution in [0.15, 0.2) is 17.1 Å². The van der Waals surface area contributed by atoms with Crippen LogP contribution >= 0.6 is 35.7 Å². The van der Waals surface area contributed by atoms with Gasteiger partial charge in [-0.1, -0.05) is 0 Å². The monoisotopic (exact) mass is 500 g/mol. The lowest BCUT2D eigenvalue weighted by atomic mass is 9.99. The Bertz CT molecular complexity index is 1030. The van der Waals surface area contributed by atoms with E-state index >= 15 is 0 Å². The van der Waals surface area contributed by atoms with Gasteiger partial charge in [-0.15, -0.1) is 0 Å². The van der Waals surface area contributed by atoms with Gasteiger partial charge < -0.3 is 34.5 Å². The molecule has 0 spiro atoms. The molecule has 2 heterocycles. The maximum absolute atomic E-state index is 11.9. The molecule has 1 aliphatic rings. The zero-order valence-electron chi connectivity index (χ0n) is 14.0. The zero-order chi connectivity index (χ0) is 22.4. The standard InChI is InChI=1S/C9H15N2O14P3S/c1-9(14)5(13)6(22-7(9)11-3-2-4(12)10-8(11)29)23-27(18,19)25-28(20,21)24-26(15,16)17/h2-3,5-7,13-14H,1H3,(H,18,19)(H,20,21)(H,10,12,29)(H2,15,16,17)/t5-,6+,7+,9?/m0/s1. The van der Waals surface area contributed by atoms with Crippen molar-refractivity contribution in [1.29, 1.82) is 0 Å². The summed E-state index contributed by atoms with van der Waals surface area (Å²) in [4.78, 5) is 49.1. The number of phosphoric acid groups is 3. The number of rotatable bonds is 7. The second kappa shape index (κ2) is 8.15. The largest absolute Gasteiger partial charge is 0.490 e. The molecule has 3 unspecified atom stereocenters. The SMILES string of the molecule is CC1(O)[C@@H](O)[C@@H](OP(=O)(O)OP(=O)(O)OP(=O)(O)O)O[C@H]1n1ccc(=O)[nH]c1=S. The van der Waals surface area contributed by atoms with E-state index in [0.717, 1.165) is 23.8 Å². The van der Waals surface area contributed by atoms with Crippen molar-refractivity contribution in [2.75, 3.05) is 0 Å². The Kier molecular flexibility index (Phi) is 6.93. The van der Waals surface area contributed by atoms with Gasteiger partial charge in [-0.3, -0.25) is 18.9 Å². The number of aliphatic hydroxyl groups is 2. The van der Waals surface area contributed by atoms with Crippen LogP contribution in [0, 0.1) is 4.77 Å². The molecule has 0 aromatic carbocycles. The first-order valence-corrected chi connectivity index (χ1v) is 12.1. The van der Waals surface area contributed by atoms with Crippen molar-refractivity contribution in [2.24, 2.45) is 0 Å². The van der Waals surface area contributed by atoms with Crippen molar-refractivity contribution in [3.05, 3.63) is 27.4 Å². The molecule has 0 amide bonds. The van der Waals surface area contributed by atoms with E-state index in [1.54, 1.807) is 0 Å². The second-order valence-electron chi connectivity index (χ2n) is 5.74. The van der Waals surface area contributed by atoms with Gasteiger partial charge in [0.05, 0.1) is 0 Å². The summed E-state index contributed by atoms with van der Waals surface area (Å²) in [5.41, 5.74) is -2.82. The number of nitrogens with zero attached hydrogens (tertiary/aromatic N) is 1. The fraction of sp³-hybridized carbons (Fsp3) is 0.556. The van der Waals surface area contributed by atoms with Gasteiger partial charge in [-0.25, -0.2) is 13.7 Å². The van der Waals surface area contributed by atoms with Crippen molar-refractivity contribution in [3.8, 4) is 0 Å². The van der Waals surface area contributed by atoms with Crippen LogP contribution in [0.1, 0.15) is 13.2 Å². The van der Waals surface area contributed by atoms with E-state index in [4.69, 9.17) is 31.6 Å². The lowest BCUT2D eigenvalue weighted by molar-refractivity contribution is -0.136. The van der Waals surface area contributed by atoms with Crippen molar-refractivity contribution in [2.45, 2.75) is 31.1 Å². The Morgan fingerprint density at radius 1 is 1.21 bits per heavy atom. The minimum atomic E-state index is -5.79. The van der Waals surface area contributed by atoms with Gasteiger partial charge >= 0.3 is 23.5 Å². The summed E-state index contributed by atoms with van der Waals surface area (Å²) in [6.07, 6.45) is -4.71. The summed E-state index contributed by atoms with van der Waals surface area (Å²) in [5.74, 6) is 0. The maximum atomic E-state index is 11.9. The van der Waals surface area contributed by atoms with E-state index in [2.05, 4.69) is 18.1 Å². The van der Waals surface area contributed by atoms with Gasteiger partial charge in [-0.05, 0) is 19.1 Å². The Labute approximate surface area is 165 Å².